The fourth-order valence-corrected chi connectivity index (χ4v) is 1.68. The van der Waals surface area contributed by atoms with E-state index in [0.29, 0.717) is 6.42 Å². The van der Waals surface area contributed by atoms with Crippen LogP contribution in [-0.2, 0) is 14.3 Å². The quantitative estimate of drug-likeness (QED) is 0.599. The van der Waals surface area contributed by atoms with Crippen molar-refractivity contribution < 1.29 is 19.4 Å². The first-order valence-corrected chi connectivity index (χ1v) is 4.72. The highest BCUT2D eigenvalue weighted by atomic mass is 16.6. The standard InChI is InChI=1S/C9H17NO4/c1-5-4-7(10-3)8(9(12)13-5)14-6(2)11/h5,7-10,12H,4H2,1-3H3/t5-,7+,8-,9-/m1/s1. The number of hydrogen-bond donors (Lipinski definition) is 2. The molecular weight excluding hydrogens is 186 g/mol. The third-order valence-electron chi connectivity index (χ3n) is 2.31. The van der Waals surface area contributed by atoms with E-state index >= 15 is 0 Å². The molecule has 5 nitrogen and oxygen atoms in total. The van der Waals surface area contributed by atoms with Crippen LogP contribution in [-0.4, -0.2) is 42.7 Å². The van der Waals surface area contributed by atoms with E-state index in [1.54, 1.807) is 7.05 Å². The summed E-state index contributed by atoms with van der Waals surface area (Å²) in [6.45, 7) is 3.19. The molecule has 0 amide bonds. The van der Waals surface area contributed by atoms with Crippen molar-refractivity contribution in [1.29, 1.82) is 0 Å². The van der Waals surface area contributed by atoms with Gasteiger partial charge in [0.05, 0.1) is 12.1 Å². The Morgan fingerprint density at radius 1 is 1.64 bits per heavy atom. The molecule has 2 N–H and O–H groups in total. The summed E-state index contributed by atoms with van der Waals surface area (Å²) in [6.07, 6.45) is -0.978. The van der Waals surface area contributed by atoms with Gasteiger partial charge in [-0.3, -0.25) is 4.79 Å². The normalized spacial score (nSPS) is 38.0. The summed E-state index contributed by atoms with van der Waals surface area (Å²) in [5.74, 6) is -0.410. The molecular formula is C9H17NO4. The van der Waals surface area contributed by atoms with E-state index in [1.165, 1.54) is 6.92 Å². The Kier molecular flexibility index (Phi) is 3.86. The van der Waals surface area contributed by atoms with Crippen molar-refractivity contribution in [3.8, 4) is 0 Å². The van der Waals surface area contributed by atoms with E-state index in [2.05, 4.69) is 5.32 Å². The first-order valence-electron chi connectivity index (χ1n) is 4.72. The molecule has 0 aromatic heterocycles. The van der Waals surface area contributed by atoms with Gasteiger partial charge in [-0.2, -0.15) is 0 Å². The van der Waals surface area contributed by atoms with E-state index in [9.17, 15) is 9.90 Å². The molecule has 1 aliphatic heterocycles. The molecule has 0 aromatic carbocycles. The third kappa shape index (κ3) is 2.67. The van der Waals surface area contributed by atoms with Gasteiger partial charge in [-0.1, -0.05) is 0 Å². The lowest BCUT2D eigenvalue weighted by atomic mass is 10.0. The Morgan fingerprint density at radius 3 is 2.79 bits per heavy atom. The van der Waals surface area contributed by atoms with Crippen molar-refractivity contribution in [3.05, 3.63) is 0 Å². The molecule has 82 valence electrons. The maximum absolute atomic E-state index is 10.8. The van der Waals surface area contributed by atoms with Crippen molar-refractivity contribution in [3.63, 3.8) is 0 Å². The van der Waals surface area contributed by atoms with Crippen LogP contribution in [0.4, 0.5) is 0 Å². The third-order valence-corrected chi connectivity index (χ3v) is 2.31. The molecule has 1 fully saturated rings. The summed E-state index contributed by atoms with van der Waals surface area (Å²) >= 11 is 0. The summed E-state index contributed by atoms with van der Waals surface area (Å²) in [5.41, 5.74) is 0. The van der Waals surface area contributed by atoms with Gasteiger partial charge in [0.15, 0.2) is 12.4 Å². The molecule has 0 aliphatic carbocycles. The van der Waals surface area contributed by atoms with Crippen LogP contribution in [0.15, 0.2) is 0 Å². The fourth-order valence-electron chi connectivity index (χ4n) is 1.68. The van der Waals surface area contributed by atoms with Gasteiger partial charge in [-0.25, -0.2) is 0 Å². The maximum Gasteiger partial charge on any atom is 0.303 e. The van der Waals surface area contributed by atoms with Crippen LogP contribution in [0, 0.1) is 0 Å². The average Bonchev–Trinajstić information content (AvgIpc) is 2.08. The lowest BCUT2D eigenvalue weighted by Gasteiger charge is -2.37. The first-order chi connectivity index (χ1) is 6.54. The Balaban J connectivity index is 2.63. The number of aliphatic hydroxyl groups excluding tert-OH is 1. The van der Waals surface area contributed by atoms with Gasteiger partial charge in [-0.15, -0.1) is 0 Å². The minimum absolute atomic E-state index is 0.0331. The number of rotatable bonds is 2. The predicted octanol–water partition coefficient (Wildman–Crippen LogP) is -0.367. The summed E-state index contributed by atoms with van der Waals surface area (Å²) < 4.78 is 10.1. The molecule has 0 unspecified atom stereocenters. The van der Waals surface area contributed by atoms with Gasteiger partial charge in [0.1, 0.15) is 0 Å². The van der Waals surface area contributed by atoms with E-state index in [1.807, 2.05) is 6.92 Å². The molecule has 0 aromatic rings. The molecule has 1 saturated heterocycles. The summed E-state index contributed by atoms with van der Waals surface area (Å²) in [4.78, 5) is 10.8. The van der Waals surface area contributed by atoms with E-state index in [0.717, 1.165) is 0 Å². The zero-order valence-corrected chi connectivity index (χ0v) is 8.69. The monoisotopic (exact) mass is 203 g/mol. The largest absolute Gasteiger partial charge is 0.455 e. The lowest BCUT2D eigenvalue weighted by molar-refractivity contribution is -0.231. The molecule has 1 aliphatic rings. The molecule has 0 bridgehead atoms. The predicted molar refractivity (Wildman–Crippen MR) is 49.6 cm³/mol. The minimum atomic E-state index is -1.04. The molecule has 4 atom stereocenters. The molecule has 0 spiro atoms. The van der Waals surface area contributed by atoms with E-state index < -0.39 is 18.4 Å². The van der Waals surface area contributed by atoms with Gasteiger partial charge in [0.2, 0.25) is 0 Å². The average molecular weight is 203 g/mol. The maximum atomic E-state index is 10.8. The minimum Gasteiger partial charge on any atom is -0.455 e. The first kappa shape index (κ1) is 11.4. The van der Waals surface area contributed by atoms with Crippen LogP contribution in [0.2, 0.25) is 0 Å². The smallest absolute Gasteiger partial charge is 0.303 e. The fraction of sp³-hybridized carbons (Fsp3) is 0.889. The summed E-state index contributed by atoms with van der Waals surface area (Å²) in [5, 5.41) is 12.6. The number of likely N-dealkylation sites (N-methyl/N-ethyl adjacent to an activating group) is 1. The number of aliphatic hydroxyl groups is 1. The van der Waals surface area contributed by atoms with Crippen LogP contribution in [0.5, 0.6) is 0 Å². The Labute approximate surface area is 83.4 Å². The highest BCUT2D eigenvalue weighted by Crippen LogP contribution is 2.21. The van der Waals surface area contributed by atoms with Crippen molar-refractivity contribution >= 4 is 5.97 Å². The molecule has 1 heterocycles. The molecule has 14 heavy (non-hydrogen) atoms. The van der Waals surface area contributed by atoms with Gasteiger partial charge in [0.25, 0.3) is 0 Å². The van der Waals surface area contributed by atoms with Crippen molar-refractivity contribution in [2.24, 2.45) is 0 Å². The zero-order chi connectivity index (χ0) is 10.7. The SMILES string of the molecule is CN[C@H]1C[C@@H](C)O[C@@H](O)[C@@H]1OC(C)=O. The highest BCUT2D eigenvalue weighted by molar-refractivity contribution is 5.66. The summed E-state index contributed by atoms with van der Waals surface area (Å²) in [6, 6.07) is -0.0577. The zero-order valence-electron chi connectivity index (χ0n) is 8.69. The highest BCUT2D eigenvalue weighted by Gasteiger charge is 2.37. The summed E-state index contributed by atoms with van der Waals surface area (Å²) in [7, 11) is 1.77. The number of carbonyl (C=O) groups is 1. The van der Waals surface area contributed by atoms with Crippen molar-refractivity contribution in [2.45, 2.75) is 44.8 Å². The van der Waals surface area contributed by atoms with Gasteiger partial charge >= 0.3 is 5.97 Å². The Morgan fingerprint density at radius 2 is 2.29 bits per heavy atom. The van der Waals surface area contributed by atoms with Crippen molar-refractivity contribution in [2.75, 3.05) is 7.05 Å². The topological polar surface area (TPSA) is 67.8 Å². The number of carbonyl (C=O) groups excluding carboxylic acids is 1. The molecule has 1 rings (SSSR count). The van der Waals surface area contributed by atoms with E-state index in [4.69, 9.17) is 9.47 Å². The second-order valence-corrected chi connectivity index (χ2v) is 3.54. The van der Waals surface area contributed by atoms with Crippen LogP contribution < -0.4 is 5.32 Å². The second-order valence-electron chi connectivity index (χ2n) is 3.54. The van der Waals surface area contributed by atoms with Crippen LogP contribution in [0.1, 0.15) is 20.3 Å². The van der Waals surface area contributed by atoms with Gasteiger partial charge in [0, 0.05) is 6.92 Å². The molecule has 0 radical (unpaired) electrons. The lowest BCUT2D eigenvalue weighted by Crippen LogP contribution is -2.54. The Hall–Kier alpha value is -0.650. The second kappa shape index (κ2) is 4.72. The van der Waals surface area contributed by atoms with Crippen LogP contribution >= 0.6 is 0 Å². The van der Waals surface area contributed by atoms with Gasteiger partial charge < -0.3 is 19.9 Å². The van der Waals surface area contributed by atoms with Gasteiger partial charge in [-0.05, 0) is 20.4 Å². The molecule has 5 heteroatoms. The van der Waals surface area contributed by atoms with Crippen LogP contribution in [0.25, 0.3) is 0 Å². The van der Waals surface area contributed by atoms with E-state index in [-0.39, 0.29) is 12.1 Å². The Bertz CT molecular complexity index is 209. The molecule has 0 saturated carbocycles. The number of hydrogen-bond acceptors (Lipinski definition) is 5. The van der Waals surface area contributed by atoms with Crippen molar-refractivity contribution in [1.82, 2.24) is 5.32 Å². The number of ether oxygens (including phenoxy) is 2. The number of esters is 1. The number of nitrogens with one attached hydrogen (secondary N) is 1. The van der Waals surface area contributed by atoms with Crippen LogP contribution in [0.3, 0.4) is 0 Å².